The molecule has 1 saturated heterocycles. The lowest BCUT2D eigenvalue weighted by molar-refractivity contribution is 0.226. The molecule has 19 heavy (non-hydrogen) atoms. The third-order valence-electron chi connectivity index (χ3n) is 4.03. The molecule has 0 spiro atoms. The molecule has 0 aromatic heterocycles. The first-order chi connectivity index (χ1) is 9.02. The number of nitrogens with zero attached hydrogens (tertiary/aromatic N) is 2. The minimum absolute atomic E-state index is 0.190. The highest BCUT2D eigenvalue weighted by Gasteiger charge is 2.27. The Bertz CT molecular complexity index is 413. The lowest BCUT2D eigenvalue weighted by Crippen LogP contribution is -2.43. The Morgan fingerprint density at radius 1 is 1.16 bits per heavy atom. The Labute approximate surface area is 116 Å². The molecule has 0 amide bonds. The van der Waals surface area contributed by atoms with Crippen molar-refractivity contribution in [1.82, 2.24) is 4.90 Å². The third kappa shape index (κ3) is 3.10. The van der Waals surface area contributed by atoms with E-state index in [2.05, 4.69) is 55.8 Å². The first-order valence-electron chi connectivity index (χ1n) is 7.15. The lowest BCUT2D eigenvalue weighted by Gasteiger charge is -2.34. The van der Waals surface area contributed by atoms with Gasteiger partial charge in [-0.25, -0.2) is 0 Å². The van der Waals surface area contributed by atoms with E-state index in [0.717, 1.165) is 19.6 Å². The Morgan fingerprint density at radius 3 is 2.37 bits per heavy atom. The van der Waals surface area contributed by atoms with Crippen LogP contribution in [-0.4, -0.2) is 49.3 Å². The number of likely N-dealkylation sites (N-methyl/N-ethyl adjacent to an activating group) is 1. The Balaban J connectivity index is 2.38. The topological polar surface area (TPSA) is 26.7 Å². The van der Waals surface area contributed by atoms with Gasteiger partial charge in [-0.3, -0.25) is 0 Å². The van der Waals surface area contributed by atoms with E-state index in [4.69, 9.17) is 0 Å². The van der Waals surface area contributed by atoms with E-state index in [-0.39, 0.29) is 12.6 Å². The van der Waals surface area contributed by atoms with Crippen LogP contribution in [0.1, 0.15) is 18.1 Å². The molecule has 1 aromatic carbocycles. The molecule has 0 bridgehead atoms. The van der Waals surface area contributed by atoms with E-state index < -0.39 is 0 Å². The molecule has 1 N–H and O–H groups in total. The van der Waals surface area contributed by atoms with Crippen LogP contribution in [0.4, 0.5) is 5.69 Å². The lowest BCUT2D eigenvalue weighted by atomic mass is 10.0. The van der Waals surface area contributed by atoms with Gasteiger partial charge in [0.05, 0.1) is 12.6 Å². The van der Waals surface area contributed by atoms with Gasteiger partial charge in [-0.05, 0) is 37.9 Å². The van der Waals surface area contributed by atoms with Crippen LogP contribution < -0.4 is 4.90 Å². The maximum atomic E-state index is 9.77. The number of benzene rings is 1. The zero-order valence-corrected chi connectivity index (χ0v) is 12.6. The van der Waals surface area contributed by atoms with E-state index in [9.17, 15) is 5.11 Å². The van der Waals surface area contributed by atoms with Crippen molar-refractivity contribution in [3.63, 3.8) is 0 Å². The van der Waals surface area contributed by atoms with E-state index >= 15 is 0 Å². The van der Waals surface area contributed by atoms with Crippen molar-refractivity contribution in [3.8, 4) is 0 Å². The number of hydrogen-bond acceptors (Lipinski definition) is 3. The summed E-state index contributed by atoms with van der Waals surface area (Å²) in [4.78, 5) is 4.75. The van der Waals surface area contributed by atoms with Crippen molar-refractivity contribution in [2.24, 2.45) is 5.92 Å². The zero-order valence-electron chi connectivity index (χ0n) is 12.6. The molecule has 2 unspecified atom stereocenters. The fourth-order valence-corrected chi connectivity index (χ4v) is 3.30. The maximum absolute atomic E-state index is 9.77. The summed E-state index contributed by atoms with van der Waals surface area (Å²) >= 11 is 0. The molecule has 1 aliphatic rings. The standard InChI is InChI=1S/C16H26N2O/c1-12-8-17(4)10-15(11-19)18(9-12)16-13(2)6-5-7-14(16)3/h5-7,12,15,19H,8-11H2,1-4H3. The molecule has 0 aliphatic carbocycles. The van der Waals surface area contributed by atoms with Crippen LogP contribution >= 0.6 is 0 Å². The number of hydrogen-bond donors (Lipinski definition) is 1. The second kappa shape index (κ2) is 5.93. The van der Waals surface area contributed by atoms with Gasteiger partial charge in [0.25, 0.3) is 0 Å². The van der Waals surface area contributed by atoms with Crippen LogP contribution in [0.5, 0.6) is 0 Å². The van der Waals surface area contributed by atoms with Crippen LogP contribution in [0.3, 0.4) is 0 Å². The molecule has 3 heteroatoms. The molecular weight excluding hydrogens is 236 g/mol. The van der Waals surface area contributed by atoms with Crippen molar-refractivity contribution < 1.29 is 5.11 Å². The van der Waals surface area contributed by atoms with Gasteiger partial charge in [0, 0.05) is 25.3 Å². The molecule has 0 radical (unpaired) electrons. The SMILES string of the molecule is Cc1cccc(C)c1N1CC(C)CN(C)CC1CO. The number of para-hydroxylation sites is 1. The van der Waals surface area contributed by atoms with Gasteiger partial charge >= 0.3 is 0 Å². The molecular formula is C16H26N2O. The highest BCUT2D eigenvalue weighted by Crippen LogP contribution is 2.28. The van der Waals surface area contributed by atoms with Crippen LogP contribution in [0.2, 0.25) is 0 Å². The highest BCUT2D eigenvalue weighted by molar-refractivity contribution is 5.59. The number of aryl methyl sites for hydroxylation is 2. The van der Waals surface area contributed by atoms with Gasteiger partial charge in [-0.1, -0.05) is 25.1 Å². The number of rotatable bonds is 2. The quantitative estimate of drug-likeness (QED) is 0.883. The van der Waals surface area contributed by atoms with Crippen LogP contribution in [0, 0.1) is 19.8 Å². The molecule has 2 rings (SSSR count). The van der Waals surface area contributed by atoms with Crippen molar-refractivity contribution in [2.75, 3.05) is 38.2 Å². The minimum Gasteiger partial charge on any atom is -0.394 e. The fraction of sp³-hybridized carbons (Fsp3) is 0.625. The molecule has 1 fully saturated rings. The second-order valence-electron chi connectivity index (χ2n) is 6.06. The molecule has 0 saturated carbocycles. The largest absolute Gasteiger partial charge is 0.394 e. The Morgan fingerprint density at radius 2 is 1.79 bits per heavy atom. The number of anilines is 1. The van der Waals surface area contributed by atoms with Crippen molar-refractivity contribution in [1.29, 1.82) is 0 Å². The van der Waals surface area contributed by atoms with Gasteiger partial charge in [0.1, 0.15) is 0 Å². The van der Waals surface area contributed by atoms with Crippen LogP contribution in [-0.2, 0) is 0 Å². The smallest absolute Gasteiger partial charge is 0.0648 e. The first kappa shape index (κ1) is 14.4. The Hall–Kier alpha value is -1.06. The normalized spacial score (nSPS) is 25.4. The molecule has 1 heterocycles. The molecule has 3 nitrogen and oxygen atoms in total. The first-order valence-corrected chi connectivity index (χ1v) is 7.15. The van der Waals surface area contributed by atoms with Crippen LogP contribution in [0.25, 0.3) is 0 Å². The summed E-state index contributed by atoms with van der Waals surface area (Å²) in [6, 6.07) is 6.62. The molecule has 2 atom stereocenters. The van der Waals surface area contributed by atoms with Gasteiger partial charge in [0.2, 0.25) is 0 Å². The number of aliphatic hydroxyl groups is 1. The van der Waals surface area contributed by atoms with Crippen LogP contribution in [0.15, 0.2) is 18.2 Å². The summed E-state index contributed by atoms with van der Waals surface area (Å²) in [6.07, 6.45) is 0. The Kier molecular flexibility index (Phi) is 4.48. The molecule has 1 aromatic rings. The molecule has 106 valence electrons. The average molecular weight is 262 g/mol. The average Bonchev–Trinajstić information content (AvgIpc) is 2.47. The fourth-order valence-electron chi connectivity index (χ4n) is 3.30. The predicted octanol–water partition coefficient (Wildman–Crippen LogP) is 2.05. The predicted molar refractivity (Wildman–Crippen MR) is 80.8 cm³/mol. The summed E-state index contributed by atoms with van der Waals surface area (Å²) in [5, 5.41) is 9.77. The third-order valence-corrected chi connectivity index (χ3v) is 4.03. The van der Waals surface area contributed by atoms with Gasteiger partial charge in [-0.15, -0.1) is 0 Å². The van der Waals surface area contributed by atoms with Crippen molar-refractivity contribution in [3.05, 3.63) is 29.3 Å². The summed E-state index contributed by atoms with van der Waals surface area (Å²) in [7, 11) is 2.15. The van der Waals surface area contributed by atoms with Gasteiger partial charge < -0.3 is 14.9 Å². The minimum atomic E-state index is 0.190. The van der Waals surface area contributed by atoms with E-state index in [1.165, 1.54) is 16.8 Å². The summed E-state index contributed by atoms with van der Waals surface area (Å²) in [6.45, 7) is 9.86. The van der Waals surface area contributed by atoms with E-state index in [1.54, 1.807) is 0 Å². The van der Waals surface area contributed by atoms with Gasteiger partial charge in [0.15, 0.2) is 0 Å². The number of aliphatic hydroxyl groups excluding tert-OH is 1. The maximum Gasteiger partial charge on any atom is 0.0648 e. The second-order valence-corrected chi connectivity index (χ2v) is 6.06. The van der Waals surface area contributed by atoms with E-state index in [1.807, 2.05) is 0 Å². The molecule has 1 aliphatic heterocycles. The van der Waals surface area contributed by atoms with Gasteiger partial charge in [-0.2, -0.15) is 0 Å². The highest BCUT2D eigenvalue weighted by atomic mass is 16.3. The zero-order chi connectivity index (χ0) is 14.0. The summed E-state index contributed by atoms with van der Waals surface area (Å²) in [5.41, 5.74) is 3.91. The van der Waals surface area contributed by atoms with E-state index in [0.29, 0.717) is 5.92 Å². The summed E-state index contributed by atoms with van der Waals surface area (Å²) < 4.78 is 0. The monoisotopic (exact) mass is 262 g/mol. The summed E-state index contributed by atoms with van der Waals surface area (Å²) in [5.74, 6) is 0.612. The van der Waals surface area contributed by atoms with Crippen molar-refractivity contribution >= 4 is 5.69 Å². The van der Waals surface area contributed by atoms with Crippen molar-refractivity contribution in [2.45, 2.75) is 26.8 Å².